The average molecular weight is 592 g/mol. The first-order valence-electron chi connectivity index (χ1n) is 15.0. The third-order valence-electron chi connectivity index (χ3n) is 8.50. The van der Waals surface area contributed by atoms with Gasteiger partial charge in [-0.25, -0.2) is 15.0 Å². The summed E-state index contributed by atoms with van der Waals surface area (Å²) in [5.41, 5.74) is 9.38. The Morgan fingerprint density at radius 3 is 1.64 bits per heavy atom. The molecule has 9 rings (SSSR count). The number of para-hydroxylation sites is 2. The van der Waals surface area contributed by atoms with Crippen LogP contribution in [0, 0.1) is 0 Å². The zero-order chi connectivity index (χ0) is 29.7. The summed E-state index contributed by atoms with van der Waals surface area (Å²) in [7, 11) is 0. The van der Waals surface area contributed by atoms with E-state index in [-0.39, 0.29) is 0 Å². The molecule has 0 aliphatic rings. The lowest BCUT2D eigenvalue weighted by Gasteiger charge is -2.11. The Hall–Kier alpha value is -5.71. The summed E-state index contributed by atoms with van der Waals surface area (Å²) < 4.78 is 2.55. The van der Waals surface area contributed by atoms with E-state index in [1.54, 1.807) is 0 Å². The molecule has 0 fully saturated rings. The molecule has 0 aliphatic heterocycles. The molecule has 0 spiro atoms. The zero-order valence-electron chi connectivity index (χ0n) is 24.2. The van der Waals surface area contributed by atoms with Crippen LogP contribution in [0.15, 0.2) is 152 Å². The van der Waals surface area contributed by atoms with Crippen LogP contribution in [-0.4, -0.2) is 15.0 Å². The lowest BCUT2D eigenvalue weighted by Crippen LogP contribution is -1.95. The highest BCUT2D eigenvalue weighted by Gasteiger charge is 2.17. The first kappa shape index (κ1) is 25.8. The summed E-state index contributed by atoms with van der Waals surface area (Å²) in [6.45, 7) is 0. The fourth-order valence-electron chi connectivity index (χ4n) is 6.27. The minimum Gasteiger partial charge on any atom is -0.247 e. The van der Waals surface area contributed by atoms with Gasteiger partial charge in [-0.1, -0.05) is 133 Å². The SMILES string of the molecule is c1ccc(-c2ccc(-c3nc(-c4ccc(-c5nc6ccccc6c6sc7ccccc7c56)cc4)nc4ccccc34)cc2)cc1. The molecule has 3 nitrogen and oxygen atoms in total. The van der Waals surface area contributed by atoms with Crippen LogP contribution in [0.2, 0.25) is 0 Å². The van der Waals surface area contributed by atoms with Gasteiger partial charge in [-0.15, -0.1) is 11.3 Å². The first-order chi connectivity index (χ1) is 22.3. The molecule has 0 radical (unpaired) electrons. The van der Waals surface area contributed by atoms with Gasteiger partial charge in [-0.2, -0.15) is 0 Å². The van der Waals surface area contributed by atoms with Gasteiger partial charge in [0.15, 0.2) is 5.82 Å². The molecular weight excluding hydrogens is 567 g/mol. The van der Waals surface area contributed by atoms with Gasteiger partial charge < -0.3 is 0 Å². The summed E-state index contributed by atoms with van der Waals surface area (Å²) in [6, 6.07) is 53.0. The standard InChI is InChI=1S/C41H25N3S/c1-2-10-26(11-3-1)27-18-20-28(21-19-27)38-31-12-4-7-15-34(31)43-41(44-38)30-24-22-29(23-25-30)39-37-33-14-6-9-17-36(33)45-40(37)32-13-5-8-16-35(32)42-39/h1-25H. The second-order valence-corrected chi connectivity index (χ2v) is 12.3. The number of fused-ring (bicyclic) bond motifs is 6. The van der Waals surface area contributed by atoms with Crippen LogP contribution in [0.3, 0.4) is 0 Å². The molecule has 3 aromatic heterocycles. The molecule has 0 unspecified atom stereocenters. The van der Waals surface area contributed by atoms with Crippen molar-refractivity contribution in [3.05, 3.63) is 152 Å². The van der Waals surface area contributed by atoms with E-state index in [0.29, 0.717) is 5.82 Å². The largest absolute Gasteiger partial charge is 0.247 e. The molecule has 0 saturated carbocycles. The monoisotopic (exact) mass is 591 g/mol. The highest BCUT2D eigenvalue weighted by atomic mass is 32.1. The molecular formula is C41H25N3S. The van der Waals surface area contributed by atoms with Crippen molar-refractivity contribution in [2.75, 3.05) is 0 Å². The predicted octanol–water partition coefficient (Wildman–Crippen LogP) is 11.2. The summed E-state index contributed by atoms with van der Waals surface area (Å²) >= 11 is 1.84. The Kier molecular flexibility index (Phi) is 6.00. The highest BCUT2D eigenvalue weighted by molar-refractivity contribution is 7.26. The summed E-state index contributed by atoms with van der Waals surface area (Å²) in [5, 5.41) is 4.70. The van der Waals surface area contributed by atoms with Gasteiger partial charge in [0.2, 0.25) is 0 Å². The highest BCUT2D eigenvalue weighted by Crippen LogP contribution is 2.43. The summed E-state index contributed by atoms with van der Waals surface area (Å²) in [4.78, 5) is 15.3. The van der Waals surface area contributed by atoms with Crippen molar-refractivity contribution < 1.29 is 0 Å². The molecule has 6 aromatic carbocycles. The average Bonchev–Trinajstić information content (AvgIpc) is 3.52. The number of rotatable bonds is 4. The molecule has 0 N–H and O–H groups in total. The maximum absolute atomic E-state index is 5.20. The minimum atomic E-state index is 0.708. The van der Waals surface area contributed by atoms with Crippen LogP contribution in [0.25, 0.3) is 87.0 Å². The molecule has 0 atom stereocenters. The Labute approximate surface area is 264 Å². The van der Waals surface area contributed by atoms with E-state index in [1.165, 1.54) is 36.7 Å². The van der Waals surface area contributed by atoms with Crippen LogP contribution in [0.1, 0.15) is 0 Å². The fraction of sp³-hybridized carbons (Fsp3) is 0. The number of aromatic nitrogens is 3. The van der Waals surface area contributed by atoms with Gasteiger partial charge in [0.25, 0.3) is 0 Å². The lowest BCUT2D eigenvalue weighted by molar-refractivity contribution is 1.23. The van der Waals surface area contributed by atoms with Crippen molar-refractivity contribution >= 4 is 53.3 Å². The van der Waals surface area contributed by atoms with Crippen LogP contribution < -0.4 is 0 Å². The van der Waals surface area contributed by atoms with Crippen LogP contribution >= 0.6 is 11.3 Å². The quantitative estimate of drug-likeness (QED) is 0.204. The van der Waals surface area contributed by atoms with E-state index in [2.05, 4.69) is 133 Å². The maximum Gasteiger partial charge on any atom is 0.160 e. The minimum absolute atomic E-state index is 0.708. The Morgan fingerprint density at radius 1 is 0.356 bits per heavy atom. The van der Waals surface area contributed by atoms with E-state index in [0.717, 1.165) is 44.5 Å². The first-order valence-corrected chi connectivity index (χ1v) is 15.9. The smallest absolute Gasteiger partial charge is 0.160 e. The Bertz CT molecular complexity index is 2520. The number of hydrogen-bond acceptors (Lipinski definition) is 4. The Morgan fingerprint density at radius 2 is 0.889 bits per heavy atom. The molecule has 0 bridgehead atoms. The predicted molar refractivity (Wildman–Crippen MR) is 189 cm³/mol. The molecule has 0 amide bonds. The van der Waals surface area contributed by atoms with Gasteiger partial charge in [-0.3, -0.25) is 0 Å². The summed E-state index contributed by atoms with van der Waals surface area (Å²) in [6.07, 6.45) is 0. The van der Waals surface area contributed by atoms with E-state index in [9.17, 15) is 0 Å². The van der Waals surface area contributed by atoms with Crippen LogP contribution in [0.4, 0.5) is 0 Å². The van der Waals surface area contributed by atoms with E-state index in [4.69, 9.17) is 15.0 Å². The van der Waals surface area contributed by atoms with Crippen molar-refractivity contribution in [2.24, 2.45) is 0 Å². The molecule has 4 heteroatoms. The van der Waals surface area contributed by atoms with Gasteiger partial charge >= 0.3 is 0 Å². The van der Waals surface area contributed by atoms with E-state index >= 15 is 0 Å². The normalized spacial score (nSPS) is 11.6. The molecule has 210 valence electrons. The second-order valence-electron chi connectivity index (χ2n) is 11.2. The molecule has 0 saturated heterocycles. The number of hydrogen-bond donors (Lipinski definition) is 0. The second kappa shape index (κ2) is 10.5. The van der Waals surface area contributed by atoms with Gasteiger partial charge in [0, 0.05) is 47.6 Å². The van der Waals surface area contributed by atoms with Crippen molar-refractivity contribution in [1.29, 1.82) is 0 Å². The van der Waals surface area contributed by atoms with Crippen LogP contribution in [0.5, 0.6) is 0 Å². The molecule has 45 heavy (non-hydrogen) atoms. The third-order valence-corrected chi connectivity index (χ3v) is 9.70. The van der Waals surface area contributed by atoms with Crippen molar-refractivity contribution in [1.82, 2.24) is 15.0 Å². The topological polar surface area (TPSA) is 38.7 Å². The van der Waals surface area contributed by atoms with E-state index in [1.807, 2.05) is 29.5 Å². The Balaban J connectivity index is 1.16. The van der Waals surface area contributed by atoms with Crippen molar-refractivity contribution in [2.45, 2.75) is 0 Å². The zero-order valence-corrected chi connectivity index (χ0v) is 25.0. The number of thiophene rings is 1. The number of benzene rings is 6. The fourth-order valence-corrected chi connectivity index (χ4v) is 7.51. The van der Waals surface area contributed by atoms with Gasteiger partial charge in [-0.05, 0) is 29.3 Å². The maximum atomic E-state index is 5.20. The van der Waals surface area contributed by atoms with Crippen molar-refractivity contribution in [3.63, 3.8) is 0 Å². The lowest BCUT2D eigenvalue weighted by atomic mass is 10.00. The molecule has 9 aromatic rings. The number of nitrogens with zero attached hydrogens (tertiary/aromatic N) is 3. The van der Waals surface area contributed by atoms with E-state index < -0.39 is 0 Å². The van der Waals surface area contributed by atoms with Crippen molar-refractivity contribution in [3.8, 4) is 45.0 Å². The third kappa shape index (κ3) is 4.38. The summed E-state index contributed by atoms with van der Waals surface area (Å²) in [5.74, 6) is 0.708. The van der Waals surface area contributed by atoms with Crippen LogP contribution in [-0.2, 0) is 0 Å². The number of pyridine rings is 1. The molecule has 0 aliphatic carbocycles. The van der Waals surface area contributed by atoms with Gasteiger partial charge in [0.1, 0.15) is 0 Å². The molecule has 3 heterocycles. The van der Waals surface area contributed by atoms with Gasteiger partial charge in [0.05, 0.1) is 22.4 Å².